The molecule has 0 radical (unpaired) electrons. The third kappa shape index (κ3) is 5.43. The molecule has 0 amide bonds. The van der Waals surface area contributed by atoms with Gasteiger partial charge in [0.25, 0.3) is 0 Å². The number of hydrogen-bond acceptors (Lipinski definition) is 0. The monoisotopic (exact) mass is 631 g/mol. The topological polar surface area (TPSA) is 8.81 Å². The maximum atomic E-state index is 14.5. The standard InChI is InChI=1S/C25H43F2N2P2Se2/c1-22(2,3)30(32,23(4,5)6)16-28-15-29(21-14-19(27)18(26)13-20(21)28)17-31(33,24(7,8)9)25(10,11)12/h13-15H,16-17H2,1-12H3/q+1. The van der Waals surface area contributed by atoms with E-state index < -0.39 is 22.7 Å². The SMILES string of the molecule is CC(C)(C)P(=[Se])(Cn1c[n+](CP(=[Se])(C(C)(C)C)C(C)(C)C)c2cc(F)c(F)cc21)C(C)(C)C. The van der Waals surface area contributed by atoms with Crippen molar-refractivity contribution in [2.45, 2.75) is 116 Å². The molecule has 8 heteroatoms. The number of aromatic nitrogens is 2. The molecule has 0 N–H and O–H groups in total. The van der Waals surface area contributed by atoms with Gasteiger partial charge in [-0.1, -0.05) is 0 Å². The average Bonchev–Trinajstić information content (AvgIpc) is 2.87. The van der Waals surface area contributed by atoms with E-state index >= 15 is 0 Å². The van der Waals surface area contributed by atoms with Gasteiger partial charge >= 0.3 is 217 Å². The van der Waals surface area contributed by atoms with Gasteiger partial charge in [-0.15, -0.1) is 0 Å². The third-order valence-corrected chi connectivity index (χ3v) is 32.3. The van der Waals surface area contributed by atoms with Crippen LogP contribution in [0.15, 0.2) is 18.5 Å². The first-order valence-electron chi connectivity index (χ1n) is 11.5. The summed E-state index contributed by atoms with van der Waals surface area (Å²) in [6, 6.07) is 2.76. The molecule has 0 unspecified atom stereocenters. The van der Waals surface area contributed by atoms with Crippen molar-refractivity contribution < 1.29 is 13.3 Å². The summed E-state index contributed by atoms with van der Waals surface area (Å²) in [6.45, 7) is 27.5. The van der Waals surface area contributed by atoms with Crippen LogP contribution in [0.1, 0.15) is 83.1 Å². The minimum absolute atomic E-state index is 0.0668. The van der Waals surface area contributed by atoms with Crippen LogP contribution in [-0.2, 0) is 12.6 Å². The molecule has 0 aliphatic carbocycles. The molecule has 0 saturated heterocycles. The molecule has 33 heavy (non-hydrogen) atoms. The predicted molar refractivity (Wildman–Crippen MR) is 146 cm³/mol. The molecule has 2 aromatic rings. The van der Waals surface area contributed by atoms with E-state index in [1.807, 2.05) is 0 Å². The Bertz CT molecular complexity index is 1020. The van der Waals surface area contributed by atoms with E-state index in [-0.39, 0.29) is 20.6 Å². The summed E-state index contributed by atoms with van der Waals surface area (Å²) in [5, 5.41) is 0.267. The summed E-state index contributed by atoms with van der Waals surface area (Å²) >= 11 is 7.26. The molecule has 0 aliphatic rings. The number of benzene rings is 1. The van der Waals surface area contributed by atoms with Crippen LogP contribution in [0.25, 0.3) is 11.0 Å². The van der Waals surface area contributed by atoms with Crippen LogP contribution >= 0.6 is 11.0 Å². The first kappa shape index (κ1) is 29.7. The minimum atomic E-state index is -1.68. The van der Waals surface area contributed by atoms with Gasteiger partial charge in [0.2, 0.25) is 0 Å². The van der Waals surface area contributed by atoms with Crippen molar-refractivity contribution in [3.8, 4) is 0 Å². The van der Waals surface area contributed by atoms with Gasteiger partial charge in [0.05, 0.1) is 0 Å². The Labute approximate surface area is 215 Å². The van der Waals surface area contributed by atoms with Crippen LogP contribution in [0.4, 0.5) is 8.78 Å². The third-order valence-electron chi connectivity index (χ3n) is 6.95. The number of imidazole rings is 1. The predicted octanol–water partition coefficient (Wildman–Crippen LogP) is 7.52. The Balaban J connectivity index is 2.83. The van der Waals surface area contributed by atoms with Gasteiger partial charge in [-0.2, -0.15) is 0 Å². The Hall–Kier alpha value is 0.449. The number of rotatable bonds is 4. The fraction of sp³-hybridized carbons (Fsp3) is 0.720. The molecule has 1 heterocycles. The Morgan fingerprint density at radius 3 is 1.52 bits per heavy atom. The summed E-state index contributed by atoms with van der Waals surface area (Å²) in [5.41, 5.74) is -1.85. The van der Waals surface area contributed by atoms with Gasteiger partial charge in [-0.25, -0.2) is 0 Å². The molecule has 0 bridgehead atoms. The van der Waals surface area contributed by atoms with Crippen molar-refractivity contribution in [1.29, 1.82) is 0 Å². The second kappa shape index (κ2) is 9.08. The number of nitrogens with zero attached hydrogens (tertiary/aromatic N) is 2. The Morgan fingerprint density at radius 1 is 0.727 bits per heavy atom. The zero-order chi connectivity index (χ0) is 26.0. The van der Waals surface area contributed by atoms with E-state index in [9.17, 15) is 8.78 Å². The molecule has 1 aromatic carbocycles. The zero-order valence-electron chi connectivity index (χ0n) is 22.5. The number of fused-ring (bicyclic) bond motifs is 1. The normalized spacial score (nSPS) is 14.8. The maximum absolute atomic E-state index is 14.5. The number of hydrogen-bond donors (Lipinski definition) is 0. The summed E-state index contributed by atoms with van der Waals surface area (Å²) in [5.74, 6) is -1.58. The Kier molecular flexibility index (Phi) is 8.17. The van der Waals surface area contributed by atoms with Crippen LogP contribution in [0.3, 0.4) is 0 Å². The van der Waals surface area contributed by atoms with Gasteiger partial charge in [0.15, 0.2) is 0 Å². The second-order valence-electron chi connectivity index (χ2n) is 13.3. The van der Waals surface area contributed by atoms with Crippen LogP contribution < -0.4 is 4.57 Å². The van der Waals surface area contributed by atoms with Gasteiger partial charge in [-0.05, 0) is 0 Å². The fourth-order valence-electron chi connectivity index (χ4n) is 4.79. The van der Waals surface area contributed by atoms with E-state index in [4.69, 9.17) is 0 Å². The molecule has 0 aliphatic heterocycles. The number of halogens is 2. The molecule has 0 atom stereocenters. The average molecular weight is 629 g/mol. The van der Waals surface area contributed by atoms with Crippen molar-refractivity contribution in [2.75, 3.05) is 0 Å². The van der Waals surface area contributed by atoms with Crippen molar-refractivity contribution in [3.05, 3.63) is 30.1 Å². The first-order valence-corrected chi connectivity index (χ1v) is 19.9. The van der Waals surface area contributed by atoms with Gasteiger partial charge in [0.1, 0.15) is 0 Å². The second-order valence-corrected chi connectivity index (χ2v) is 30.0. The summed E-state index contributed by atoms with van der Waals surface area (Å²) in [4.78, 5) is 0. The molecule has 1 aromatic heterocycles. The van der Waals surface area contributed by atoms with Crippen LogP contribution in [-0.4, -0.2) is 55.4 Å². The molecule has 2 rings (SSSR count). The van der Waals surface area contributed by atoms with Crippen molar-refractivity contribution >= 4 is 52.2 Å². The van der Waals surface area contributed by atoms with Gasteiger partial charge < -0.3 is 0 Å². The van der Waals surface area contributed by atoms with E-state index in [2.05, 4.69) is 129 Å². The van der Waals surface area contributed by atoms with Gasteiger partial charge in [-0.3, -0.25) is 0 Å². The van der Waals surface area contributed by atoms with E-state index in [0.29, 0.717) is 0 Å². The van der Waals surface area contributed by atoms with E-state index in [1.165, 1.54) is 12.1 Å². The summed E-state index contributed by atoms with van der Waals surface area (Å²) in [6.07, 6.45) is 3.66. The van der Waals surface area contributed by atoms with Crippen LogP contribution in [0, 0.1) is 11.6 Å². The molecule has 188 valence electrons. The van der Waals surface area contributed by atoms with Crippen LogP contribution in [0.2, 0.25) is 0 Å². The van der Waals surface area contributed by atoms with Crippen molar-refractivity contribution in [2.24, 2.45) is 0 Å². The van der Waals surface area contributed by atoms with Crippen molar-refractivity contribution in [1.82, 2.24) is 4.57 Å². The first-order chi connectivity index (χ1) is 14.5. The molecule has 0 saturated carbocycles. The van der Waals surface area contributed by atoms with Gasteiger partial charge in [0, 0.05) is 0 Å². The fourth-order valence-corrected chi connectivity index (χ4v) is 13.4. The molecular weight excluding hydrogens is 586 g/mol. The van der Waals surface area contributed by atoms with Crippen LogP contribution in [0.5, 0.6) is 0 Å². The van der Waals surface area contributed by atoms with E-state index in [1.54, 1.807) is 0 Å². The molecule has 0 spiro atoms. The molecule has 0 fully saturated rings. The molecule has 2 nitrogen and oxygen atoms in total. The summed E-state index contributed by atoms with van der Waals surface area (Å²) < 4.78 is 33.3. The zero-order valence-corrected chi connectivity index (χ0v) is 27.7. The summed E-state index contributed by atoms with van der Waals surface area (Å²) in [7, 11) is 0. The van der Waals surface area contributed by atoms with Crippen molar-refractivity contribution in [3.63, 3.8) is 0 Å². The Morgan fingerprint density at radius 2 is 1.12 bits per heavy atom. The molecular formula is C25H43F2N2P2Se2+. The van der Waals surface area contributed by atoms with E-state index in [0.717, 1.165) is 23.6 Å². The quantitative estimate of drug-likeness (QED) is 0.188.